The molecule has 5 N–H and O–H groups in total. The monoisotopic (exact) mass is 450 g/mol. The Labute approximate surface area is 195 Å². The predicted octanol–water partition coefficient (Wildman–Crippen LogP) is 3.70. The van der Waals surface area contributed by atoms with Gasteiger partial charge in [0.05, 0.1) is 31.9 Å². The Morgan fingerprint density at radius 1 is 1.15 bits per heavy atom. The molecule has 0 aliphatic heterocycles. The maximum atomic E-state index is 13.5. The van der Waals surface area contributed by atoms with Gasteiger partial charge >= 0.3 is 0 Å². The summed E-state index contributed by atoms with van der Waals surface area (Å²) >= 11 is 0. The first-order valence-electron chi connectivity index (χ1n) is 11.3. The molecule has 1 atom stereocenters. The number of hydrogen-bond acceptors (Lipinski definition) is 4. The number of nitrogens with two attached hydrogens (primary N) is 1. The summed E-state index contributed by atoms with van der Waals surface area (Å²) in [5, 5.41) is 6.45. The summed E-state index contributed by atoms with van der Waals surface area (Å²) in [7, 11) is 4.36. The summed E-state index contributed by atoms with van der Waals surface area (Å²) in [4.78, 5) is 17.6. The molecule has 0 spiro atoms. The average molecular weight is 451 g/mol. The topological polar surface area (TPSA) is 84.5 Å². The van der Waals surface area contributed by atoms with E-state index in [2.05, 4.69) is 48.8 Å². The fourth-order valence-electron chi connectivity index (χ4n) is 3.77. The summed E-state index contributed by atoms with van der Waals surface area (Å²) in [6.45, 7) is 3.72. The molecule has 0 bridgehead atoms. The van der Waals surface area contributed by atoms with Crippen molar-refractivity contribution < 1.29 is 14.1 Å². The van der Waals surface area contributed by atoms with E-state index in [1.54, 1.807) is 12.1 Å². The fourth-order valence-corrected chi connectivity index (χ4v) is 3.77. The van der Waals surface area contributed by atoms with E-state index in [9.17, 15) is 9.18 Å². The minimum absolute atomic E-state index is 0.279. The van der Waals surface area contributed by atoms with E-state index in [0.717, 1.165) is 30.6 Å². The van der Waals surface area contributed by atoms with Crippen molar-refractivity contribution >= 4 is 23.1 Å². The number of benzene rings is 2. The highest BCUT2D eigenvalue weighted by molar-refractivity contribution is 5.98. The highest BCUT2D eigenvalue weighted by Gasteiger charge is 2.13. The summed E-state index contributed by atoms with van der Waals surface area (Å²) in [5.41, 5.74) is 9.32. The summed E-state index contributed by atoms with van der Waals surface area (Å²) in [6, 6.07) is 16.4. The minimum atomic E-state index is -0.578. The van der Waals surface area contributed by atoms with E-state index in [-0.39, 0.29) is 11.4 Å². The molecular weight excluding hydrogens is 417 g/mol. The molecule has 1 heterocycles. The second-order valence-corrected chi connectivity index (χ2v) is 8.56. The quantitative estimate of drug-likeness (QED) is 0.359. The van der Waals surface area contributed by atoms with Crippen LogP contribution in [-0.2, 0) is 6.54 Å². The molecule has 1 amide bonds. The zero-order valence-corrected chi connectivity index (χ0v) is 19.5. The standard InChI is InChI=1S/C26H32FN5O/c1-4-19(12-13-32(2)3)20-8-10-22(11-9-20)31-25-15-24(23(17-30-25)26(28)33)29-16-18-6-5-7-21(27)14-18/h5-11,14-15,17,19H,4,12-13,16H2,1-3H3,(H2,28,33)(H2,29,30,31)/p+1. The van der Waals surface area contributed by atoms with Gasteiger partial charge in [-0.2, -0.15) is 0 Å². The van der Waals surface area contributed by atoms with Gasteiger partial charge in [-0.05, 0) is 47.7 Å². The molecule has 1 unspecified atom stereocenters. The summed E-state index contributed by atoms with van der Waals surface area (Å²) < 4.78 is 13.5. The van der Waals surface area contributed by atoms with Crippen LogP contribution in [0.1, 0.15) is 47.2 Å². The molecule has 3 rings (SSSR count). The molecule has 0 saturated heterocycles. The van der Waals surface area contributed by atoms with Gasteiger partial charge in [-0.15, -0.1) is 0 Å². The lowest BCUT2D eigenvalue weighted by atomic mass is 9.93. The number of hydrogen-bond donors (Lipinski definition) is 4. The zero-order chi connectivity index (χ0) is 23.8. The number of rotatable bonds is 11. The van der Waals surface area contributed by atoms with Crippen molar-refractivity contribution in [3.63, 3.8) is 0 Å². The van der Waals surface area contributed by atoms with Gasteiger partial charge in [-0.1, -0.05) is 31.2 Å². The van der Waals surface area contributed by atoms with Crippen LogP contribution in [-0.4, -0.2) is 31.5 Å². The number of anilines is 3. The van der Waals surface area contributed by atoms with Crippen LogP contribution >= 0.6 is 0 Å². The first-order valence-corrected chi connectivity index (χ1v) is 11.3. The molecule has 0 aliphatic rings. The first kappa shape index (κ1) is 24.2. The molecule has 0 aliphatic carbocycles. The lowest BCUT2D eigenvalue weighted by Crippen LogP contribution is -3.05. The second-order valence-electron chi connectivity index (χ2n) is 8.56. The molecular formula is C26H33FN5O+. The van der Waals surface area contributed by atoms with Crippen molar-refractivity contribution in [3.8, 4) is 0 Å². The third kappa shape index (κ3) is 7.02. The van der Waals surface area contributed by atoms with Crippen molar-refractivity contribution in [2.24, 2.45) is 5.73 Å². The minimum Gasteiger partial charge on any atom is -0.380 e. The van der Waals surface area contributed by atoms with Gasteiger partial charge in [0.15, 0.2) is 0 Å². The lowest BCUT2D eigenvalue weighted by molar-refractivity contribution is -0.858. The average Bonchev–Trinajstić information content (AvgIpc) is 2.79. The molecule has 6 nitrogen and oxygen atoms in total. The molecule has 3 aromatic rings. The number of quaternary nitrogens is 1. The Morgan fingerprint density at radius 2 is 1.91 bits per heavy atom. The molecule has 174 valence electrons. The van der Waals surface area contributed by atoms with Gasteiger partial charge in [0.1, 0.15) is 11.6 Å². The van der Waals surface area contributed by atoms with E-state index < -0.39 is 5.91 Å². The van der Waals surface area contributed by atoms with Gasteiger partial charge in [0.25, 0.3) is 5.91 Å². The molecule has 2 aromatic carbocycles. The van der Waals surface area contributed by atoms with Crippen LogP contribution in [0.3, 0.4) is 0 Å². The van der Waals surface area contributed by atoms with Crippen LogP contribution < -0.4 is 21.3 Å². The van der Waals surface area contributed by atoms with E-state index in [1.807, 2.05) is 18.2 Å². The molecule has 0 radical (unpaired) electrons. The van der Waals surface area contributed by atoms with Gasteiger partial charge in [-0.25, -0.2) is 9.37 Å². The molecule has 0 saturated carbocycles. The van der Waals surface area contributed by atoms with E-state index in [0.29, 0.717) is 24.0 Å². The van der Waals surface area contributed by atoms with Gasteiger partial charge < -0.3 is 21.3 Å². The fraction of sp³-hybridized carbons (Fsp3) is 0.308. The van der Waals surface area contributed by atoms with E-state index >= 15 is 0 Å². The Morgan fingerprint density at radius 3 is 2.55 bits per heavy atom. The Kier molecular flexibility index (Phi) is 8.38. The molecule has 0 fully saturated rings. The Bertz CT molecular complexity index is 1070. The highest BCUT2D eigenvalue weighted by atomic mass is 19.1. The highest BCUT2D eigenvalue weighted by Crippen LogP contribution is 2.26. The predicted molar refractivity (Wildman–Crippen MR) is 132 cm³/mol. The van der Waals surface area contributed by atoms with Crippen LogP contribution in [0.15, 0.2) is 60.8 Å². The smallest absolute Gasteiger partial charge is 0.252 e. The molecule has 7 heteroatoms. The van der Waals surface area contributed by atoms with Crippen LogP contribution in [0.2, 0.25) is 0 Å². The van der Waals surface area contributed by atoms with Crippen LogP contribution in [0.25, 0.3) is 0 Å². The number of nitrogens with zero attached hydrogens (tertiary/aromatic N) is 1. The first-order chi connectivity index (χ1) is 15.9. The third-order valence-electron chi connectivity index (χ3n) is 5.68. The van der Waals surface area contributed by atoms with Gasteiger partial charge in [-0.3, -0.25) is 4.79 Å². The van der Waals surface area contributed by atoms with Gasteiger partial charge in [0, 0.05) is 30.9 Å². The van der Waals surface area contributed by atoms with Crippen LogP contribution in [0, 0.1) is 5.82 Å². The number of carbonyl (C=O) groups excluding carboxylic acids is 1. The lowest BCUT2D eigenvalue weighted by Gasteiger charge is -2.17. The van der Waals surface area contributed by atoms with E-state index in [1.165, 1.54) is 28.8 Å². The number of primary amides is 1. The van der Waals surface area contributed by atoms with Crippen LogP contribution in [0.5, 0.6) is 0 Å². The maximum absolute atomic E-state index is 13.5. The summed E-state index contributed by atoms with van der Waals surface area (Å²) in [5.74, 6) is 0.238. The normalized spacial score (nSPS) is 11.9. The van der Waals surface area contributed by atoms with Crippen molar-refractivity contribution in [2.45, 2.75) is 32.2 Å². The Hall–Kier alpha value is -3.45. The SMILES string of the molecule is CCC(CC[NH+](C)C)c1ccc(Nc2cc(NCc3cccc(F)c3)c(C(N)=O)cn2)cc1. The largest absolute Gasteiger partial charge is 0.380 e. The third-order valence-corrected chi connectivity index (χ3v) is 5.68. The number of amides is 1. The van der Waals surface area contributed by atoms with Crippen molar-refractivity contribution in [1.82, 2.24) is 4.98 Å². The van der Waals surface area contributed by atoms with Crippen molar-refractivity contribution in [3.05, 3.63) is 83.3 Å². The van der Waals surface area contributed by atoms with Gasteiger partial charge in [0.2, 0.25) is 0 Å². The maximum Gasteiger partial charge on any atom is 0.252 e. The molecule has 1 aromatic heterocycles. The number of pyridine rings is 1. The zero-order valence-electron chi connectivity index (χ0n) is 19.5. The van der Waals surface area contributed by atoms with Crippen molar-refractivity contribution in [1.29, 1.82) is 0 Å². The van der Waals surface area contributed by atoms with Crippen LogP contribution in [0.4, 0.5) is 21.6 Å². The second kappa shape index (κ2) is 11.4. The number of halogens is 1. The van der Waals surface area contributed by atoms with E-state index in [4.69, 9.17) is 5.73 Å². The number of aromatic nitrogens is 1. The summed E-state index contributed by atoms with van der Waals surface area (Å²) in [6.07, 6.45) is 3.71. The molecule has 33 heavy (non-hydrogen) atoms. The Balaban J connectivity index is 1.72. The number of nitrogens with one attached hydrogen (secondary N) is 3. The number of carbonyl (C=O) groups is 1. The van der Waals surface area contributed by atoms with Crippen molar-refractivity contribution in [2.75, 3.05) is 31.3 Å².